The minimum Gasteiger partial charge on any atom is -0.466 e. The van der Waals surface area contributed by atoms with Crippen molar-refractivity contribution in [2.45, 2.75) is 32.7 Å². The maximum absolute atomic E-state index is 12.6. The second-order valence-corrected chi connectivity index (χ2v) is 6.91. The Morgan fingerprint density at radius 1 is 1.28 bits per heavy atom. The number of carbonyl (C=O) groups is 2. The number of rotatable bonds is 4. The van der Waals surface area contributed by atoms with Crippen LogP contribution in [0.25, 0.3) is 0 Å². The molecule has 1 saturated heterocycles. The number of hydrogen-bond donors (Lipinski definition) is 3. The Hall–Kier alpha value is -2.34. The predicted octanol–water partition coefficient (Wildman–Crippen LogP) is 0.763. The molecule has 2 aliphatic heterocycles. The maximum Gasteiger partial charge on any atom is 0.338 e. The molecule has 0 spiro atoms. The van der Waals surface area contributed by atoms with Gasteiger partial charge in [-0.05, 0) is 25.0 Å². The molecule has 3 N–H and O–H groups in total. The summed E-state index contributed by atoms with van der Waals surface area (Å²) < 4.78 is 5.04. The number of aryl methyl sites for hydroxylation is 2. The number of ether oxygens (including phenoxy) is 1. The first-order valence-corrected chi connectivity index (χ1v) is 8.79. The van der Waals surface area contributed by atoms with E-state index in [1.807, 2.05) is 32.0 Å². The van der Waals surface area contributed by atoms with Crippen molar-refractivity contribution in [1.82, 2.24) is 10.6 Å². The van der Waals surface area contributed by atoms with E-state index in [1.54, 1.807) is 0 Å². The van der Waals surface area contributed by atoms with E-state index in [0.717, 1.165) is 29.8 Å². The quantitative estimate of drug-likeness (QED) is 0.707. The third kappa shape index (κ3) is 3.69. The fraction of sp³-hybridized carbons (Fsp3) is 0.474. The average molecular weight is 344 g/mol. The Labute approximate surface area is 148 Å². The first kappa shape index (κ1) is 17.5. The number of esters is 1. The summed E-state index contributed by atoms with van der Waals surface area (Å²) in [7, 11) is 1.38. The van der Waals surface area contributed by atoms with Crippen molar-refractivity contribution < 1.29 is 19.2 Å². The monoisotopic (exact) mass is 344 g/mol. The molecule has 2 aliphatic rings. The molecule has 6 heteroatoms. The number of hydrogen-bond acceptors (Lipinski definition) is 3. The molecule has 1 aromatic carbocycles. The van der Waals surface area contributed by atoms with Gasteiger partial charge >= 0.3 is 12.0 Å². The van der Waals surface area contributed by atoms with Crippen LogP contribution in [0.1, 0.15) is 35.6 Å². The van der Waals surface area contributed by atoms with Gasteiger partial charge < -0.3 is 20.3 Å². The highest BCUT2D eigenvalue weighted by Gasteiger charge is 2.36. The lowest BCUT2D eigenvalue weighted by molar-refractivity contribution is -0.882. The van der Waals surface area contributed by atoms with Crippen LogP contribution >= 0.6 is 0 Å². The van der Waals surface area contributed by atoms with Crippen LogP contribution in [-0.2, 0) is 9.53 Å². The second-order valence-electron chi connectivity index (χ2n) is 6.91. The first-order valence-electron chi connectivity index (χ1n) is 8.79. The summed E-state index contributed by atoms with van der Waals surface area (Å²) in [5.41, 5.74) is 4.24. The highest BCUT2D eigenvalue weighted by molar-refractivity contribution is 5.95. The van der Waals surface area contributed by atoms with E-state index in [9.17, 15) is 9.59 Å². The van der Waals surface area contributed by atoms with Gasteiger partial charge in [-0.3, -0.25) is 0 Å². The van der Waals surface area contributed by atoms with Gasteiger partial charge in [0, 0.05) is 12.8 Å². The molecule has 0 aromatic heterocycles. The van der Waals surface area contributed by atoms with Crippen molar-refractivity contribution >= 4 is 12.0 Å². The number of quaternary nitrogens is 1. The lowest BCUT2D eigenvalue weighted by Gasteiger charge is -2.30. The zero-order valence-electron chi connectivity index (χ0n) is 15.1. The van der Waals surface area contributed by atoms with Gasteiger partial charge in [0.25, 0.3) is 0 Å². The molecule has 0 saturated carbocycles. The molecule has 2 amide bonds. The zero-order valence-corrected chi connectivity index (χ0v) is 15.1. The molecule has 0 unspecified atom stereocenters. The molecule has 1 atom stereocenters. The Bertz CT molecular complexity index is 721. The minimum atomic E-state index is -0.488. The van der Waals surface area contributed by atoms with Crippen LogP contribution in [0.4, 0.5) is 4.79 Å². The van der Waals surface area contributed by atoms with Crippen LogP contribution in [0, 0.1) is 13.8 Å². The van der Waals surface area contributed by atoms with Gasteiger partial charge in [-0.15, -0.1) is 0 Å². The Kier molecular flexibility index (Phi) is 5.08. The maximum atomic E-state index is 12.6. The molecule has 0 bridgehead atoms. The van der Waals surface area contributed by atoms with Gasteiger partial charge in [0.1, 0.15) is 6.54 Å². The molecule has 2 heterocycles. The summed E-state index contributed by atoms with van der Waals surface area (Å²) in [6.45, 7) is 6.76. The Morgan fingerprint density at radius 2 is 2.00 bits per heavy atom. The normalized spacial score (nSPS) is 21.1. The summed E-state index contributed by atoms with van der Waals surface area (Å²) >= 11 is 0. The second kappa shape index (κ2) is 7.27. The largest absolute Gasteiger partial charge is 0.466 e. The van der Waals surface area contributed by atoms with Gasteiger partial charge in [0.15, 0.2) is 0 Å². The van der Waals surface area contributed by atoms with Gasteiger partial charge in [-0.25, -0.2) is 9.59 Å². The van der Waals surface area contributed by atoms with Crippen molar-refractivity contribution in [1.29, 1.82) is 0 Å². The summed E-state index contributed by atoms with van der Waals surface area (Å²) in [4.78, 5) is 26.2. The summed E-state index contributed by atoms with van der Waals surface area (Å²) in [6.07, 6.45) is 2.37. The number of nitrogens with one attached hydrogen (secondary N) is 3. The third-order valence-electron chi connectivity index (χ3n) is 5.04. The smallest absolute Gasteiger partial charge is 0.338 e. The highest BCUT2D eigenvalue weighted by Crippen LogP contribution is 2.30. The number of methoxy groups -OCH3 is 1. The standard InChI is InChI=1S/C19H25N3O3/c1-12-6-7-13(2)14(10-12)17-16(18(23)25-3)15(20-19(24)21-17)11-22-8-4-5-9-22/h6-7,10,17H,4-5,8-9,11H2,1-3H3,(H2,20,21,24)/p+1/t17-/m1/s1. The summed E-state index contributed by atoms with van der Waals surface area (Å²) in [5, 5.41) is 5.75. The molecule has 3 rings (SSSR count). The van der Waals surface area contributed by atoms with Crippen molar-refractivity contribution in [3.05, 3.63) is 46.2 Å². The molecule has 0 aliphatic carbocycles. The van der Waals surface area contributed by atoms with Crippen LogP contribution in [0.2, 0.25) is 0 Å². The van der Waals surface area contributed by atoms with Crippen molar-refractivity contribution in [3.8, 4) is 0 Å². The van der Waals surface area contributed by atoms with E-state index < -0.39 is 12.0 Å². The van der Waals surface area contributed by atoms with E-state index in [-0.39, 0.29) is 6.03 Å². The lowest BCUT2D eigenvalue weighted by atomic mass is 9.91. The number of carbonyl (C=O) groups excluding carboxylic acids is 2. The topological polar surface area (TPSA) is 71.9 Å². The van der Waals surface area contributed by atoms with Crippen LogP contribution in [-0.4, -0.2) is 38.7 Å². The third-order valence-corrected chi connectivity index (χ3v) is 5.04. The molecule has 1 aromatic rings. The molecule has 6 nitrogen and oxygen atoms in total. The van der Waals surface area contributed by atoms with Crippen LogP contribution < -0.4 is 15.5 Å². The fourth-order valence-corrected chi connectivity index (χ4v) is 3.71. The summed E-state index contributed by atoms with van der Waals surface area (Å²) in [6, 6.07) is 5.30. The summed E-state index contributed by atoms with van der Waals surface area (Å²) in [5.74, 6) is -0.396. The number of urea groups is 1. The zero-order chi connectivity index (χ0) is 18.0. The fourth-order valence-electron chi connectivity index (χ4n) is 3.71. The number of likely N-dealkylation sites (tertiary alicyclic amines) is 1. The molecule has 134 valence electrons. The minimum absolute atomic E-state index is 0.271. The van der Waals surface area contributed by atoms with Gasteiger partial charge in [-0.2, -0.15) is 0 Å². The Balaban J connectivity index is 2.05. The SMILES string of the molecule is COC(=O)C1=C(C[NH+]2CCCC2)NC(=O)N[C@@H]1c1cc(C)ccc1C. The lowest BCUT2D eigenvalue weighted by Crippen LogP contribution is -3.10. The van der Waals surface area contributed by atoms with Crippen molar-refractivity contribution in [3.63, 3.8) is 0 Å². The van der Waals surface area contributed by atoms with E-state index in [1.165, 1.54) is 24.9 Å². The first-order chi connectivity index (χ1) is 12.0. The van der Waals surface area contributed by atoms with Crippen LogP contribution in [0.15, 0.2) is 29.5 Å². The van der Waals surface area contributed by atoms with E-state index >= 15 is 0 Å². The van der Waals surface area contributed by atoms with Crippen molar-refractivity contribution in [2.24, 2.45) is 0 Å². The number of benzene rings is 1. The van der Waals surface area contributed by atoms with Gasteiger partial charge in [0.05, 0.1) is 37.5 Å². The van der Waals surface area contributed by atoms with E-state index in [2.05, 4.69) is 10.6 Å². The predicted molar refractivity (Wildman–Crippen MR) is 94.2 cm³/mol. The van der Waals surface area contributed by atoms with Crippen LogP contribution in [0.5, 0.6) is 0 Å². The Morgan fingerprint density at radius 3 is 2.68 bits per heavy atom. The average Bonchev–Trinajstić information content (AvgIpc) is 3.09. The van der Waals surface area contributed by atoms with E-state index in [4.69, 9.17) is 4.74 Å². The highest BCUT2D eigenvalue weighted by atomic mass is 16.5. The van der Waals surface area contributed by atoms with Crippen molar-refractivity contribution in [2.75, 3.05) is 26.7 Å². The van der Waals surface area contributed by atoms with E-state index in [0.29, 0.717) is 17.8 Å². The molecule has 1 fully saturated rings. The molecule has 25 heavy (non-hydrogen) atoms. The number of amides is 2. The molecule has 0 radical (unpaired) electrons. The van der Waals surface area contributed by atoms with Gasteiger partial charge in [0.2, 0.25) is 0 Å². The molecular formula is C19H26N3O3+. The van der Waals surface area contributed by atoms with Crippen LogP contribution in [0.3, 0.4) is 0 Å². The molecular weight excluding hydrogens is 318 g/mol. The van der Waals surface area contributed by atoms with Gasteiger partial charge in [-0.1, -0.05) is 23.8 Å².